The first-order valence-electron chi connectivity index (χ1n) is 8.97. The average molecular weight is 381 g/mol. The maximum absolute atomic E-state index is 13.0. The molecule has 2 aromatic rings. The monoisotopic (exact) mass is 381 g/mol. The van der Waals surface area contributed by atoms with E-state index >= 15 is 0 Å². The molecule has 0 spiro atoms. The standard InChI is InChI=1S/C21H20FN3OS/c22-18-8-6-16(7-9-18)14-19-20(26)23-21(27-19)25-12-10-24(11-13-25)15-17-4-2-1-3-5-17/h1-9,14H,10-13,15H2/b19-14+. The Hall–Kier alpha value is -2.44. The lowest BCUT2D eigenvalue weighted by molar-refractivity contribution is -0.113. The molecule has 0 saturated carbocycles. The van der Waals surface area contributed by atoms with E-state index in [1.165, 1.54) is 29.5 Å². The van der Waals surface area contributed by atoms with Crippen LogP contribution in [-0.2, 0) is 11.3 Å². The molecule has 1 fully saturated rings. The highest BCUT2D eigenvalue weighted by Gasteiger charge is 2.28. The molecular weight excluding hydrogens is 361 g/mol. The van der Waals surface area contributed by atoms with Gasteiger partial charge in [-0.15, -0.1) is 0 Å². The fourth-order valence-corrected chi connectivity index (χ4v) is 4.15. The summed E-state index contributed by atoms with van der Waals surface area (Å²) >= 11 is 1.40. The van der Waals surface area contributed by atoms with Crippen molar-refractivity contribution in [3.8, 4) is 0 Å². The van der Waals surface area contributed by atoms with E-state index < -0.39 is 0 Å². The SMILES string of the molecule is O=C1N=C(N2CCN(Cc3ccccc3)CC2)S/C1=C/c1ccc(F)cc1. The predicted molar refractivity (Wildman–Crippen MR) is 108 cm³/mol. The summed E-state index contributed by atoms with van der Waals surface area (Å²) in [7, 11) is 0. The number of amides is 1. The third kappa shape index (κ3) is 4.46. The van der Waals surface area contributed by atoms with Crippen molar-refractivity contribution in [1.29, 1.82) is 0 Å². The molecule has 4 rings (SSSR count). The van der Waals surface area contributed by atoms with Crippen LogP contribution in [0.25, 0.3) is 6.08 Å². The minimum atomic E-state index is -0.284. The highest BCUT2D eigenvalue weighted by Crippen LogP contribution is 2.30. The van der Waals surface area contributed by atoms with Gasteiger partial charge in [-0.05, 0) is 41.1 Å². The van der Waals surface area contributed by atoms with E-state index in [0.29, 0.717) is 4.91 Å². The average Bonchev–Trinajstić information content (AvgIpc) is 3.05. The second kappa shape index (κ2) is 8.06. The van der Waals surface area contributed by atoms with Crippen molar-refractivity contribution in [1.82, 2.24) is 9.80 Å². The Bertz CT molecular complexity index is 872. The van der Waals surface area contributed by atoms with E-state index in [4.69, 9.17) is 0 Å². The van der Waals surface area contributed by atoms with E-state index in [0.717, 1.165) is 43.5 Å². The minimum Gasteiger partial charge on any atom is -0.348 e. The molecule has 0 bridgehead atoms. The van der Waals surface area contributed by atoms with Crippen molar-refractivity contribution in [2.24, 2.45) is 4.99 Å². The van der Waals surface area contributed by atoms with E-state index in [1.54, 1.807) is 18.2 Å². The number of carbonyl (C=O) groups excluding carboxylic acids is 1. The number of hydrogen-bond donors (Lipinski definition) is 0. The van der Waals surface area contributed by atoms with Gasteiger partial charge in [0.15, 0.2) is 5.17 Å². The molecule has 6 heteroatoms. The smallest absolute Gasteiger partial charge is 0.286 e. The zero-order chi connectivity index (χ0) is 18.6. The van der Waals surface area contributed by atoms with Crippen molar-refractivity contribution >= 4 is 28.9 Å². The van der Waals surface area contributed by atoms with Crippen LogP contribution in [-0.4, -0.2) is 47.1 Å². The number of halogens is 1. The van der Waals surface area contributed by atoms with Gasteiger partial charge in [-0.2, -0.15) is 4.99 Å². The summed E-state index contributed by atoms with van der Waals surface area (Å²) in [5, 5.41) is 0.771. The number of rotatable bonds is 3. The fraction of sp³-hybridized carbons (Fsp3) is 0.238. The summed E-state index contributed by atoms with van der Waals surface area (Å²) in [6, 6.07) is 16.6. The molecule has 0 aliphatic carbocycles. The number of thioether (sulfide) groups is 1. The molecule has 2 aromatic carbocycles. The van der Waals surface area contributed by atoms with Crippen molar-refractivity contribution in [3.63, 3.8) is 0 Å². The Balaban J connectivity index is 1.34. The molecule has 27 heavy (non-hydrogen) atoms. The Morgan fingerprint density at radius 1 is 1.00 bits per heavy atom. The molecule has 0 N–H and O–H groups in total. The second-order valence-corrected chi connectivity index (χ2v) is 7.62. The van der Waals surface area contributed by atoms with E-state index in [-0.39, 0.29) is 11.7 Å². The summed E-state index contributed by atoms with van der Waals surface area (Å²) in [4.78, 5) is 21.6. The number of aliphatic imine (C=N–C) groups is 1. The Morgan fingerprint density at radius 3 is 2.41 bits per heavy atom. The maximum atomic E-state index is 13.0. The highest BCUT2D eigenvalue weighted by atomic mass is 32.2. The summed E-state index contributed by atoms with van der Waals surface area (Å²) < 4.78 is 13.0. The van der Waals surface area contributed by atoms with Crippen molar-refractivity contribution in [2.45, 2.75) is 6.54 Å². The van der Waals surface area contributed by atoms with Crippen LogP contribution in [0.15, 0.2) is 64.5 Å². The van der Waals surface area contributed by atoms with E-state index in [9.17, 15) is 9.18 Å². The summed E-state index contributed by atoms with van der Waals surface area (Å²) in [6.07, 6.45) is 1.77. The largest absolute Gasteiger partial charge is 0.348 e. The van der Waals surface area contributed by atoms with Crippen LogP contribution in [0.4, 0.5) is 4.39 Å². The van der Waals surface area contributed by atoms with Crippen LogP contribution in [0, 0.1) is 5.82 Å². The summed E-state index contributed by atoms with van der Waals surface area (Å²) in [5.41, 5.74) is 2.12. The fourth-order valence-electron chi connectivity index (χ4n) is 3.18. The Kier molecular flexibility index (Phi) is 5.36. The molecule has 138 valence electrons. The first kappa shape index (κ1) is 17.9. The Labute approximate surface area is 162 Å². The zero-order valence-electron chi connectivity index (χ0n) is 14.8. The van der Waals surface area contributed by atoms with Crippen molar-refractivity contribution in [2.75, 3.05) is 26.2 Å². The number of amidine groups is 1. The van der Waals surface area contributed by atoms with Crippen LogP contribution in [0.3, 0.4) is 0 Å². The lowest BCUT2D eigenvalue weighted by Crippen LogP contribution is -2.47. The lowest BCUT2D eigenvalue weighted by Gasteiger charge is -2.35. The first-order valence-corrected chi connectivity index (χ1v) is 9.78. The number of piperazine rings is 1. The second-order valence-electron chi connectivity index (χ2n) is 6.61. The van der Waals surface area contributed by atoms with Gasteiger partial charge in [0.1, 0.15) is 5.82 Å². The van der Waals surface area contributed by atoms with Gasteiger partial charge in [0.25, 0.3) is 5.91 Å². The molecule has 0 radical (unpaired) electrons. The van der Waals surface area contributed by atoms with Crippen LogP contribution in [0.1, 0.15) is 11.1 Å². The maximum Gasteiger partial charge on any atom is 0.286 e. The van der Waals surface area contributed by atoms with Crippen LogP contribution >= 0.6 is 11.8 Å². The minimum absolute atomic E-state index is 0.217. The van der Waals surface area contributed by atoms with Crippen LogP contribution in [0.5, 0.6) is 0 Å². The zero-order valence-corrected chi connectivity index (χ0v) is 15.7. The number of nitrogens with zero attached hydrogens (tertiary/aromatic N) is 3. The molecule has 2 aliphatic heterocycles. The van der Waals surface area contributed by atoms with Crippen LogP contribution < -0.4 is 0 Å². The quantitative estimate of drug-likeness (QED) is 0.761. The number of hydrogen-bond acceptors (Lipinski definition) is 4. The van der Waals surface area contributed by atoms with Gasteiger partial charge in [-0.1, -0.05) is 42.5 Å². The van der Waals surface area contributed by atoms with E-state index in [1.807, 2.05) is 6.07 Å². The normalized spacial score (nSPS) is 19.6. The lowest BCUT2D eigenvalue weighted by atomic mass is 10.2. The molecule has 2 heterocycles. The predicted octanol–water partition coefficient (Wildman–Crippen LogP) is 3.61. The van der Waals surface area contributed by atoms with Gasteiger partial charge in [0.2, 0.25) is 0 Å². The van der Waals surface area contributed by atoms with Gasteiger partial charge in [-0.3, -0.25) is 9.69 Å². The molecule has 4 nitrogen and oxygen atoms in total. The van der Waals surface area contributed by atoms with Gasteiger partial charge < -0.3 is 4.90 Å². The molecule has 2 aliphatic rings. The molecule has 0 unspecified atom stereocenters. The van der Waals surface area contributed by atoms with Gasteiger partial charge in [0.05, 0.1) is 4.91 Å². The third-order valence-electron chi connectivity index (χ3n) is 4.67. The topological polar surface area (TPSA) is 35.9 Å². The van der Waals surface area contributed by atoms with Crippen LogP contribution in [0.2, 0.25) is 0 Å². The first-order chi connectivity index (χ1) is 13.2. The number of benzene rings is 2. The van der Waals surface area contributed by atoms with Gasteiger partial charge in [0, 0.05) is 32.7 Å². The van der Waals surface area contributed by atoms with Gasteiger partial charge in [-0.25, -0.2) is 4.39 Å². The van der Waals surface area contributed by atoms with Gasteiger partial charge >= 0.3 is 0 Å². The Morgan fingerprint density at radius 2 is 1.70 bits per heavy atom. The number of carbonyl (C=O) groups is 1. The summed E-state index contributed by atoms with van der Waals surface area (Å²) in [5.74, 6) is -0.501. The molecule has 0 atom stereocenters. The molecule has 0 aromatic heterocycles. The molecule has 1 amide bonds. The molecular formula is C21H20FN3OS. The highest BCUT2D eigenvalue weighted by molar-refractivity contribution is 8.18. The van der Waals surface area contributed by atoms with Crippen molar-refractivity contribution < 1.29 is 9.18 Å². The third-order valence-corrected chi connectivity index (χ3v) is 5.71. The summed E-state index contributed by atoms with van der Waals surface area (Å²) in [6.45, 7) is 4.55. The van der Waals surface area contributed by atoms with Crippen molar-refractivity contribution in [3.05, 3.63) is 76.4 Å². The molecule has 1 saturated heterocycles. The van der Waals surface area contributed by atoms with E-state index in [2.05, 4.69) is 39.1 Å².